The number of carbonyl (C=O) groups excluding carboxylic acids is 2. The fourth-order valence-electron chi connectivity index (χ4n) is 1.88. The van der Waals surface area contributed by atoms with Gasteiger partial charge >= 0.3 is 0 Å². The van der Waals surface area contributed by atoms with Crippen LogP contribution in [0.3, 0.4) is 0 Å². The highest BCUT2D eigenvalue weighted by Crippen LogP contribution is 2.30. The summed E-state index contributed by atoms with van der Waals surface area (Å²) in [6.45, 7) is 1.47. The molecule has 2 amide bonds. The molecule has 1 aromatic rings. The Balaban J connectivity index is 1.75. The Hall–Kier alpha value is -2.08. The maximum Gasteiger partial charge on any atom is 0.262 e. The lowest BCUT2D eigenvalue weighted by Gasteiger charge is -2.26. The molecule has 1 aromatic carbocycles. The van der Waals surface area contributed by atoms with Crippen molar-refractivity contribution in [3.8, 4) is 5.75 Å². The van der Waals surface area contributed by atoms with E-state index in [2.05, 4.69) is 16.0 Å². The van der Waals surface area contributed by atoms with Crippen molar-refractivity contribution in [2.24, 2.45) is 5.92 Å². The zero-order chi connectivity index (χ0) is 12.5. The number of rotatable bonds is 2. The van der Waals surface area contributed by atoms with Crippen molar-refractivity contribution in [2.45, 2.75) is 0 Å². The van der Waals surface area contributed by atoms with Crippen LogP contribution in [-0.4, -0.2) is 31.5 Å². The van der Waals surface area contributed by atoms with Gasteiger partial charge in [-0.15, -0.1) is 0 Å². The molecule has 6 heteroatoms. The van der Waals surface area contributed by atoms with Gasteiger partial charge in [0, 0.05) is 18.8 Å². The van der Waals surface area contributed by atoms with Crippen LogP contribution in [0.25, 0.3) is 0 Å². The van der Waals surface area contributed by atoms with Gasteiger partial charge in [-0.05, 0) is 18.2 Å². The third kappa shape index (κ3) is 2.02. The third-order valence-corrected chi connectivity index (χ3v) is 3.03. The van der Waals surface area contributed by atoms with Crippen LogP contribution < -0.4 is 20.7 Å². The Kier molecular flexibility index (Phi) is 2.64. The van der Waals surface area contributed by atoms with Gasteiger partial charge in [-0.2, -0.15) is 0 Å². The van der Waals surface area contributed by atoms with Gasteiger partial charge in [0.1, 0.15) is 5.75 Å². The van der Waals surface area contributed by atoms with Crippen molar-refractivity contribution in [2.75, 3.05) is 30.3 Å². The maximum atomic E-state index is 11.8. The van der Waals surface area contributed by atoms with E-state index in [1.54, 1.807) is 18.2 Å². The number of benzene rings is 1. The summed E-state index contributed by atoms with van der Waals surface area (Å²) in [7, 11) is 0. The number of hydrogen-bond acceptors (Lipinski definition) is 4. The maximum absolute atomic E-state index is 11.8. The second-order valence-corrected chi connectivity index (χ2v) is 4.39. The summed E-state index contributed by atoms with van der Waals surface area (Å²) >= 11 is 0. The molecule has 0 unspecified atom stereocenters. The largest absolute Gasteiger partial charge is 0.482 e. The van der Waals surface area contributed by atoms with E-state index in [0.29, 0.717) is 17.1 Å². The summed E-state index contributed by atoms with van der Waals surface area (Å²) in [6.07, 6.45) is 0. The van der Waals surface area contributed by atoms with E-state index in [1.807, 2.05) is 0 Å². The molecule has 0 bridgehead atoms. The number of carbonyl (C=O) groups is 2. The van der Waals surface area contributed by atoms with Gasteiger partial charge in [0.05, 0.1) is 11.6 Å². The molecular formula is C12H13N3O3. The summed E-state index contributed by atoms with van der Waals surface area (Å²) in [4.78, 5) is 22.9. The van der Waals surface area contributed by atoms with Gasteiger partial charge in [0.15, 0.2) is 6.61 Å². The van der Waals surface area contributed by atoms with Gasteiger partial charge in [-0.25, -0.2) is 0 Å². The number of amides is 2. The lowest BCUT2D eigenvalue weighted by molar-refractivity contribution is -0.121. The molecule has 3 rings (SSSR count). The summed E-state index contributed by atoms with van der Waals surface area (Å²) in [6, 6.07) is 5.21. The summed E-state index contributed by atoms with van der Waals surface area (Å²) in [5.74, 6) is 0.468. The fourth-order valence-corrected chi connectivity index (χ4v) is 1.88. The Bertz CT molecular complexity index is 511. The van der Waals surface area contributed by atoms with Crippen LogP contribution in [0.5, 0.6) is 5.75 Å². The zero-order valence-electron chi connectivity index (χ0n) is 9.66. The van der Waals surface area contributed by atoms with E-state index >= 15 is 0 Å². The molecule has 0 radical (unpaired) electrons. The monoisotopic (exact) mass is 247 g/mol. The van der Waals surface area contributed by atoms with E-state index in [1.165, 1.54) is 0 Å². The first-order chi connectivity index (χ1) is 8.72. The zero-order valence-corrected chi connectivity index (χ0v) is 9.66. The number of hydrogen-bond donors (Lipinski definition) is 3. The molecule has 1 saturated heterocycles. The number of ether oxygens (including phenoxy) is 1. The minimum Gasteiger partial charge on any atom is -0.482 e. The van der Waals surface area contributed by atoms with Crippen molar-refractivity contribution in [3.63, 3.8) is 0 Å². The van der Waals surface area contributed by atoms with Crippen molar-refractivity contribution < 1.29 is 14.3 Å². The molecule has 2 aliphatic heterocycles. The topological polar surface area (TPSA) is 79.5 Å². The van der Waals surface area contributed by atoms with Crippen molar-refractivity contribution >= 4 is 23.2 Å². The first kappa shape index (κ1) is 11.0. The Morgan fingerprint density at radius 2 is 2.22 bits per heavy atom. The van der Waals surface area contributed by atoms with E-state index < -0.39 is 0 Å². The normalized spacial score (nSPS) is 18.1. The molecule has 0 aliphatic carbocycles. The predicted molar refractivity (Wildman–Crippen MR) is 65.6 cm³/mol. The van der Waals surface area contributed by atoms with E-state index in [-0.39, 0.29) is 24.3 Å². The fraction of sp³-hybridized carbons (Fsp3) is 0.333. The molecule has 2 aliphatic rings. The highest BCUT2D eigenvalue weighted by molar-refractivity contribution is 5.98. The highest BCUT2D eigenvalue weighted by atomic mass is 16.5. The molecule has 0 saturated carbocycles. The van der Waals surface area contributed by atoms with E-state index in [9.17, 15) is 9.59 Å². The third-order valence-electron chi connectivity index (χ3n) is 3.03. The van der Waals surface area contributed by atoms with Gasteiger partial charge in [0.25, 0.3) is 5.91 Å². The van der Waals surface area contributed by atoms with Crippen LogP contribution in [0.1, 0.15) is 0 Å². The predicted octanol–water partition coefficient (Wildman–Crippen LogP) is 0.175. The summed E-state index contributed by atoms with van der Waals surface area (Å²) < 4.78 is 5.24. The van der Waals surface area contributed by atoms with Gasteiger partial charge < -0.3 is 20.7 Å². The molecular weight excluding hydrogens is 234 g/mol. The quantitative estimate of drug-likeness (QED) is 0.696. The molecule has 0 aromatic heterocycles. The highest BCUT2D eigenvalue weighted by Gasteiger charge is 2.25. The van der Waals surface area contributed by atoms with Crippen LogP contribution in [0.4, 0.5) is 11.4 Å². The van der Waals surface area contributed by atoms with Crippen LogP contribution in [0, 0.1) is 5.92 Å². The lowest BCUT2D eigenvalue weighted by Crippen LogP contribution is -2.48. The summed E-state index contributed by atoms with van der Waals surface area (Å²) in [5, 5.41) is 8.57. The van der Waals surface area contributed by atoms with Crippen LogP contribution in [0.2, 0.25) is 0 Å². The number of anilines is 2. The summed E-state index contributed by atoms with van der Waals surface area (Å²) in [5.41, 5.74) is 1.26. The van der Waals surface area contributed by atoms with Crippen LogP contribution >= 0.6 is 0 Å². The van der Waals surface area contributed by atoms with Crippen molar-refractivity contribution in [1.29, 1.82) is 0 Å². The average molecular weight is 247 g/mol. The van der Waals surface area contributed by atoms with E-state index in [0.717, 1.165) is 13.1 Å². The Labute approximate surface area is 104 Å². The molecule has 6 nitrogen and oxygen atoms in total. The van der Waals surface area contributed by atoms with Crippen LogP contribution in [0.15, 0.2) is 18.2 Å². The lowest BCUT2D eigenvalue weighted by atomic mass is 10.0. The smallest absolute Gasteiger partial charge is 0.262 e. The number of fused-ring (bicyclic) bond motifs is 1. The standard InChI is InChI=1S/C12H13N3O3/c16-11-6-18-10-2-1-8(3-9(10)15-11)14-12(17)7-4-13-5-7/h1-3,7,13H,4-6H2,(H,14,17)(H,15,16). The second kappa shape index (κ2) is 4.30. The Morgan fingerprint density at radius 1 is 1.39 bits per heavy atom. The molecule has 0 atom stereocenters. The molecule has 94 valence electrons. The molecule has 0 spiro atoms. The van der Waals surface area contributed by atoms with Gasteiger partial charge in [-0.1, -0.05) is 0 Å². The number of nitrogens with one attached hydrogen (secondary N) is 3. The first-order valence-corrected chi connectivity index (χ1v) is 5.80. The van der Waals surface area contributed by atoms with Crippen molar-refractivity contribution in [3.05, 3.63) is 18.2 Å². The van der Waals surface area contributed by atoms with Crippen LogP contribution in [-0.2, 0) is 9.59 Å². The first-order valence-electron chi connectivity index (χ1n) is 5.80. The molecule has 18 heavy (non-hydrogen) atoms. The average Bonchev–Trinajstić information content (AvgIpc) is 2.25. The van der Waals surface area contributed by atoms with E-state index in [4.69, 9.17) is 4.74 Å². The second-order valence-electron chi connectivity index (χ2n) is 4.39. The minimum atomic E-state index is -0.186. The Morgan fingerprint density at radius 3 is 2.94 bits per heavy atom. The minimum absolute atomic E-state index is 0.00301. The molecule has 2 heterocycles. The van der Waals surface area contributed by atoms with Gasteiger partial charge in [0.2, 0.25) is 5.91 Å². The molecule has 1 fully saturated rings. The molecule has 3 N–H and O–H groups in total. The van der Waals surface area contributed by atoms with Gasteiger partial charge in [-0.3, -0.25) is 9.59 Å². The van der Waals surface area contributed by atoms with Crippen molar-refractivity contribution in [1.82, 2.24) is 5.32 Å². The SMILES string of the molecule is O=C1COc2ccc(NC(=O)C3CNC3)cc2N1.